The first-order chi connectivity index (χ1) is 17.6. The number of carbonyl (C=O) groups is 2. The molecule has 0 unspecified atom stereocenters. The number of carbonyl (C=O) groups excluding carboxylic acids is 1. The van der Waals surface area contributed by atoms with Gasteiger partial charge in [0, 0.05) is 28.7 Å². The highest BCUT2D eigenvalue weighted by Gasteiger charge is 2.19. The van der Waals surface area contributed by atoms with E-state index in [4.69, 9.17) is 13.5 Å². The fourth-order valence-corrected chi connectivity index (χ4v) is 5.70. The Morgan fingerprint density at radius 2 is 1.11 bits per heavy atom. The van der Waals surface area contributed by atoms with E-state index in [9.17, 15) is 26.4 Å². The van der Waals surface area contributed by atoms with Gasteiger partial charge in [-0.1, -0.05) is 0 Å². The Morgan fingerprint density at radius 1 is 0.711 bits per heavy atom. The molecule has 0 amide bonds. The van der Waals surface area contributed by atoms with Crippen LogP contribution >= 0.6 is 0 Å². The monoisotopic (exact) mass is 564 g/mol. The number of H-pyrrole nitrogens is 2. The molecule has 0 radical (unpaired) electrons. The summed E-state index contributed by atoms with van der Waals surface area (Å²) in [5.74, 6) is -1.20. The van der Waals surface area contributed by atoms with E-state index < -0.39 is 38.4 Å². The Bertz CT molecular complexity index is 1590. The molecule has 0 atom stereocenters. The number of aromatic nitrogens is 2. The molecular weight excluding hydrogens is 536 g/mol. The number of aromatic amines is 2. The lowest BCUT2D eigenvalue weighted by Crippen LogP contribution is -2.12. The van der Waals surface area contributed by atoms with Crippen LogP contribution in [0.3, 0.4) is 0 Å². The van der Waals surface area contributed by atoms with Crippen LogP contribution in [0.4, 0.5) is 0 Å². The van der Waals surface area contributed by atoms with Crippen molar-refractivity contribution in [1.29, 1.82) is 0 Å². The van der Waals surface area contributed by atoms with E-state index in [-0.39, 0.29) is 21.3 Å². The van der Waals surface area contributed by atoms with Crippen molar-refractivity contribution in [3.63, 3.8) is 0 Å². The average molecular weight is 565 g/mol. The zero-order valence-corrected chi connectivity index (χ0v) is 22.9. The maximum absolute atomic E-state index is 11.9. The maximum Gasteiger partial charge on any atom is 0.352 e. The summed E-state index contributed by atoms with van der Waals surface area (Å²) in [4.78, 5) is 27.8. The third kappa shape index (κ3) is 6.86. The number of fused-ring (bicyclic) bond motifs is 2. The standard InChI is InChI=1S/C13H15NO4S.C12H13NO5S/c1-8(2)18-19(16,17)11-4-5-12-10(6-11)7-13(14-12)9(3)15;1-7(2)18-19(16,17)9-3-4-10-8(5-9)6-11(13-10)12(14)15/h4-8,14H,1-3H3;3-7,13H,1-2H3,(H,14,15). The van der Waals surface area contributed by atoms with Crippen molar-refractivity contribution < 1.29 is 39.9 Å². The molecule has 38 heavy (non-hydrogen) atoms. The van der Waals surface area contributed by atoms with Gasteiger partial charge in [0.05, 0.1) is 27.7 Å². The second-order valence-corrected chi connectivity index (χ2v) is 12.1. The first-order valence-corrected chi connectivity index (χ1v) is 14.3. The highest BCUT2D eigenvalue weighted by molar-refractivity contribution is 7.87. The van der Waals surface area contributed by atoms with E-state index in [1.165, 1.54) is 43.3 Å². The molecular formula is C25H28N2O9S2. The fraction of sp³-hybridized carbons (Fsp3) is 0.280. The Balaban J connectivity index is 0.000000211. The number of carboxylic acids is 1. The van der Waals surface area contributed by atoms with Crippen molar-refractivity contribution in [2.24, 2.45) is 0 Å². The average Bonchev–Trinajstić information content (AvgIpc) is 3.41. The Hall–Kier alpha value is -3.52. The SMILES string of the molecule is CC(=O)c1cc2cc(S(=O)(=O)OC(C)C)ccc2[nH]1.CC(C)OS(=O)(=O)c1ccc2[nH]c(C(=O)O)cc2c1. The normalized spacial score (nSPS) is 12.2. The number of ketones is 1. The molecule has 0 saturated carbocycles. The molecule has 0 aliphatic heterocycles. The molecule has 204 valence electrons. The van der Waals surface area contributed by atoms with Gasteiger partial charge in [-0.15, -0.1) is 0 Å². The van der Waals surface area contributed by atoms with Gasteiger partial charge in [-0.3, -0.25) is 13.2 Å². The molecule has 0 saturated heterocycles. The molecule has 0 aliphatic carbocycles. The predicted molar refractivity (Wildman–Crippen MR) is 140 cm³/mol. The van der Waals surface area contributed by atoms with Crippen LogP contribution in [0.5, 0.6) is 0 Å². The molecule has 2 aromatic carbocycles. The summed E-state index contributed by atoms with van der Waals surface area (Å²) >= 11 is 0. The summed E-state index contributed by atoms with van der Waals surface area (Å²) in [6.45, 7) is 7.99. The largest absolute Gasteiger partial charge is 0.477 e. The van der Waals surface area contributed by atoms with E-state index in [0.29, 0.717) is 27.5 Å². The number of aromatic carboxylic acids is 1. The summed E-state index contributed by atoms with van der Waals surface area (Å²) < 4.78 is 57.4. The Morgan fingerprint density at radius 3 is 1.47 bits per heavy atom. The molecule has 0 bridgehead atoms. The minimum Gasteiger partial charge on any atom is -0.477 e. The van der Waals surface area contributed by atoms with Crippen molar-refractivity contribution in [3.05, 3.63) is 59.9 Å². The van der Waals surface area contributed by atoms with E-state index in [1.54, 1.807) is 39.8 Å². The number of carboxylic acid groups (broad SMARTS) is 1. The van der Waals surface area contributed by atoms with Gasteiger partial charge in [-0.2, -0.15) is 16.8 Å². The second kappa shape index (κ2) is 11.1. The number of nitrogens with one attached hydrogen (secondary N) is 2. The molecule has 2 heterocycles. The van der Waals surface area contributed by atoms with E-state index in [1.807, 2.05) is 0 Å². The molecule has 0 fully saturated rings. The summed E-state index contributed by atoms with van der Waals surface area (Å²) in [7, 11) is -7.58. The fourth-order valence-electron chi connectivity index (χ4n) is 3.46. The van der Waals surface area contributed by atoms with Gasteiger partial charge >= 0.3 is 5.97 Å². The van der Waals surface area contributed by atoms with Crippen LogP contribution in [0.25, 0.3) is 21.8 Å². The van der Waals surface area contributed by atoms with Gasteiger partial charge in [-0.25, -0.2) is 4.79 Å². The van der Waals surface area contributed by atoms with Crippen molar-refractivity contribution >= 4 is 53.8 Å². The minimum atomic E-state index is -3.82. The topological polar surface area (TPSA) is 173 Å². The summed E-state index contributed by atoms with van der Waals surface area (Å²) in [5, 5.41) is 10.0. The number of hydrogen-bond acceptors (Lipinski definition) is 8. The van der Waals surface area contributed by atoms with Gasteiger partial charge < -0.3 is 15.1 Å². The number of rotatable bonds is 8. The van der Waals surface area contributed by atoms with Crippen LogP contribution in [-0.4, -0.2) is 55.9 Å². The van der Waals surface area contributed by atoms with Gasteiger partial charge in [0.2, 0.25) is 0 Å². The predicted octanol–water partition coefficient (Wildman–Crippen LogP) is 4.46. The van der Waals surface area contributed by atoms with Gasteiger partial charge in [0.15, 0.2) is 5.78 Å². The van der Waals surface area contributed by atoms with E-state index in [0.717, 1.165) is 0 Å². The molecule has 13 heteroatoms. The quantitative estimate of drug-likeness (QED) is 0.206. The van der Waals surface area contributed by atoms with Crippen LogP contribution < -0.4 is 0 Å². The smallest absolute Gasteiger partial charge is 0.352 e. The van der Waals surface area contributed by atoms with Crippen LogP contribution in [0, 0.1) is 0 Å². The number of Topliss-reactive ketones (excluding diaryl/α,β-unsaturated/α-hetero) is 1. The molecule has 0 aliphatic rings. The summed E-state index contributed by atoms with van der Waals surface area (Å²) in [6, 6.07) is 11.9. The third-order valence-corrected chi connectivity index (χ3v) is 7.95. The number of benzene rings is 2. The molecule has 11 nitrogen and oxygen atoms in total. The summed E-state index contributed by atoms with van der Waals surface area (Å²) in [5.41, 5.74) is 1.73. The molecule has 4 aromatic rings. The third-order valence-electron chi connectivity index (χ3n) is 5.01. The Kier molecular flexibility index (Phi) is 8.46. The Labute approximate surface area is 220 Å². The second-order valence-electron chi connectivity index (χ2n) is 8.92. The van der Waals surface area contributed by atoms with Crippen molar-refractivity contribution in [2.75, 3.05) is 0 Å². The van der Waals surface area contributed by atoms with E-state index in [2.05, 4.69) is 9.97 Å². The minimum absolute atomic E-state index is 0.00430. The van der Waals surface area contributed by atoms with Crippen molar-refractivity contribution in [2.45, 2.75) is 56.6 Å². The first-order valence-electron chi connectivity index (χ1n) is 11.5. The number of hydrogen-bond donors (Lipinski definition) is 3. The van der Waals surface area contributed by atoms with Crippen LogP contribution in [-0.2, 0) is 28.6 Å². The lowest BCUT2D eigenvalue weighted by Gasteiger charge is -2.08. The molecule has 0 spiro atoms. The zero-order chi connectivity index (χ0) is 28.4. The maximum atomic E-state index is 11.9. The van der Waals surface area contributed by atoms with Crippen LogP contribution in [0.1, 0.15) is 55.6 Å². The first kappa shape index (κ1) is 29.0. The van der Waals surface area contributed by atoms with Gasteiger partial charge in [0.1, 0.15) is 5.69 Å². The molecule has 3 N–H and O–H groups in total. The zero-order valence-electron chi connectivity index (χ0n) is 21.3. The molecule has 2 aromatic heterocycles. The highest BCUT2D eigenvalue weighted by Crippen LogP contribution is 2.23. The lowest BCUT2D eigenvalue weighted by atomic mass is 10.2. The van der Waals surface area contributed by atoms with E-state index >= 15 is 0 Å². The van der Waals surface area contributed by atoms with Gasteiger partial charge in [0.25, 0.3) is 20.2 Å². The van der Waals surface area contributed by atoms with Crippen molar-refractivity contribution in [3.8, 4) is 0 Å². The lowest BCUT2D eigenvalue weighted by molar-refractivity contribution is 0.0691. The van der Waals surface area contributed by atoms with Crippen molar-refractivity contribution in [1.82, 2.24) is 9.97 Å². The summed E-state index contributed by atoms with van der Waals surface area (Å²) in [6.07, 6.45) is -0.874. The van der Waals surface area contributed by atoms with Crippen LogP contribution in [0.2, 0.25) is 0 Å². The highest BCUT2D eigenvalue weighted by atomic mass is 32.2. The molecule has 4 rings (SSSR count). The van der Waals surface area contributed by atoms with Crippen LogP contribution in [0.15, 0.2) is 58.3 Å². The van der Waals surface area contributed by atoms with Gasteiger partial charge in [-0.05, 0) is 76.2 Å².